The fourth-order valence-corrected chi connectivity index (χ4v) is 5.70. The number of nitrogens with zero attached hydrogens (tertiary/aromatic N) is 3. The van der Waals surface area contributed by atoms with Gasteiger partial charge in [-0.3, -0.25) is 9.52 Å². The summed E-state index contributed by atoms with van der Waals surface area (Å²) < 4.78 is 28.1. The SMILES string of the molecule is CC(=O)NCc1ccc(S(=O)(=O)Nc2ccc(Nc3cc(N4CCCC4)cnn3)cc2)s1. The van der Waals surface area contributed by atoms with Crippen LogP contribution in [0.2, 0.25) is 0 Å². The van der Waals surface area contributed by atoms with Crippen LogP contribution in [0.15, 0.2) is 52.9 Å². The van der Waals surface area contributed by atoms with E-state index in [0.717, 1.165) is 40.7 Å². The zero-order chi connectivity index (χ0) is 22.6. The Morgan fingerprint density at radius 2 is 1.81 bits per heavy atom. The third kappa shape index (κ3) is 5.54. The third-order valence-corrected chi connectivity index (χ3v) is 7.89. The van der Waals surface area contributed by atoms with Gasteiger partial charge in [0.15, 0.2) is 5.82 Å². The topological polar surface area (TPSA) is 116 Å². The van der Waals surface area contributed by atoms with Crippen molar-refractivity contribution < 1.29 is 13.2 Å². The van der Waals surface area contributed by atoms with Gasteiger partial charge in [0.1, 0.15) is 4.21 Å². The maximum atomic E-state index is 12.7. The van der Waals surface area contributed by atoms with Crippen LogP contribution in [0.1, 0.15) is 24.6 Å². The number of rotatable bonds is 8. The molecule has 0 aliphatic carbocycles. The van der Waals surface area contributed by atoms with Crippen LogP contribution in [-0.2, 0) is 21.4 Å². The van der Waals surface area contributed by atoms with Gasteiger partial charge in [0, 0.05) is 42.3 Å². The quantitative estimate of drug-likeness (QED) is 0.460. The molecule has 0 spiro atoms. The molecule has 3 aromatic rings. The van der Waals surface area contributed by atoms with Gasteiger partial charge >= 0.3 is 0 Å². The third-order valence-electron chi connectivity index (χ3n) is 4.93. The van der Waals surface area contributed by atoms with Gasteiger partial charge in [-0.2, -0.15) is 5.10 Å². The lowest BCUT2D eigenvalue weighted by atomic mass is 10.3. The monoisotopic (exact) mass is 472 g/mol. The van der Waals surface area contributed by atoms with E-state index in [-0.39, 0.29) is 10.1 Å². The Morgan fingerprint density at radius 1 is 1.09 bits per heavy atom. The molecule has 0 saturated carbocycles. The van der Waals surface area contributed by atoms with E-state index in [1.807, 2.05) is 6.07 Å². The number of aromatic nitrogens is 2. The van der Waals surface area contributed by atoms with Crippen molar-refractivity contribution in [1.82, 2.24) is 15.5 Å². The molecule has 0 radical (unpaired) electrons. The van der Waals surface area contributed by atoms with Gasteiger partial charge in [-0.05, 0) is 49.2 Å². The first-order chi connectivity index (χ1) is 15.4. The predicted molar refractivity (Wildman–Crippen MR) is 126 cm³/mol. The van der Waals surface area contributed by atoms with Gasteiger partial charge in [0.05, 0.1) is 18.4 Å². The normalized spacial score (nSPS) is 13.7. The molecule has 1 aliphatic heterocycles. The van der Waals surface area contributed by atoms with Gasteiger partial charge in [-0.15, -0.1) is 16.4 Å². The second kappa shape index (κ2) is 9.53. The van der Waals surface area contributed by atoms with Crippen molar-refractivity contribution in [3.8, 4) is 0 Å². The fraction of sp³-hybridized carbons (Fsp3) is 0.286. The first-order valence-corrected chi connectivity index (χ1v) is 12.5. The maximum Gasteiger partial charge on any atom is 0.271 e. The van der Waals surface area contributed by atoms with Crippen LogP contribution in [0.5, 0.6) is 0 Å². The highest BCUT2D eigenvalue weighted by Crippen LogP contribution is 2.26. The van der Waals surface area contributed by atoms with Gasteiger partial charge in [0.2, 0.25) is 5.91 Å². The second-order valence-corrected chi connectivity index (χ2v) is 10.5. The Balaban J connectivity index is 1.39. The summed E-state index contributed by atoms with van der Waals surface area (Å²) in [5, 5.41) is 14.1. The largest absolute Gasteiger partial charge is 0.370 e. The maximum absolute atomic E-state index is 12.7. The Morgan fingerprint density at radius 3 is 2.53 bits per heavy atom. The highest BCUT2D eigenvalue weighted by Gasteiger charge is 2.17. The van der Waals surface area contributed by atoms with Crippen LogP contribution in [0.25, 0.3) is 0 Å². The molecule has 1 aromatic carbocycles. The fourth-order valence-electron chi connectivity index (χ4n) is 3.35. The molecule has 3 N–H and O–H groups in total. The van der Waals surface area contributed by atoms with Gasteiger partial charge in [-0.25, -0.2) is 8.42 Å². The smallest absolute Gasteiger partial charge is 0.271 e. The molecule has 1 saturated heterocycles. The summed E-state index contributed by atoms with van der Waals surface area (Å²) >= 11 is 1.12. The average Bonchev–Trinajstić information content (AvgIpc) is 3.46. The van der Waals surface area contributed by atoms with E-state index in [0.29, 0.717) is 18.1 Å². The molecule has 1 fully saturated rings. The lowest BCUT2D eigenvalue weighted by Crippen LogP contribution is -2.18. The van der Waals surface area contributed by atoms with E-state index >= 15 is 0 Å². The summed E-state index contributed by atoms with van der Waals surface area (Å²) in [5.74, 6) is 0.469. The molecule has 168 valence electrons. The number of benzene rings is 1. The summed E-state index contributed by atoms with van der Waals surface area (Å²) in [6.07, 6.45) is 4.13. The summed E-state index contributed by atoms with van der Waals surface area (Å²) in [6.45, 7) is 3.78. The van der Waals surface area contributed by atoms with E-state index in [4.69, 9.17) is 0 Å². The molecule has 11 heteroatoms. The number of anilines is 4. The molecule has 3 heterocycles. The zero-order valence-corrected chi connectivity index (χ0v) is 19.2. The molecule has 4 rings (SSSR count). The van der Waals surface area contributed by atoms with Crippen molar-refractivity contribution in [1.29, 1.82) is 0 Å². The summed E-state index contributed by atoms with van der Waals surface area (Å²) in [4.78, 5) is 14.1. The molecule has 1 amide bonds. The standard InChI is InChI=1S/C21H24N6O3S2/c1-15(28)22-14-19-8-9-21(31-19)32(29,30)26-17-6-4-16(5-7-17)24-20-12-18(13-23-25-20)27-10-2-3-11-27/h4-9,12-13,26H,2-3,10-11,14H2,1H3,(H,22,28)(H,24,25). The number of hydrogen-bond acceptors (Lipinski definition) is 8. The number of nitrogens with one attached hydrogen (secondary N) is 3. The zero-order valence-electron chi connectivity index (χ0n) is 17.5. The average molecular weight is 473 g/mol. The summed E-state index contributed by atoms with van der Waals surface area (Å²) in [6, 6.07) is 12.1. The van der Waals surface area contributed by atoms with Gasteiger partial charge in [0.25, 0.3) is 10.0 Å². The number of hydrogen-bond donors (Lipinski definition) is 3. The minimum Gasteiger partial charge on any atom is -0.370 e. The minimum absolute atomic E-state index is 0.164. The molecule has 0 bridgehead atoms. The van der Waals surface area contributed by atoms with Gasteiger partial charge < -0.3 is 15.5 Å². The Hall–Kier alpha value is -3.18. The molecule has 0 atom stereocenters. The Kier molecular flexibility index (Phi) is 6.56. The molecular formula is C21H24N6O3S2. The number of sulfonamides is 1. The number of amides is 1. The predicted octanol–water partition coefficient (Wildman–Crippen LogP) is 3.32. The Labute approximate surface area is 190 Å². The Bertz CT molecular complexity index is 1190. The number of carbonyl (C=O) groups is 1. The van der Waals surface area contributed by atoms with E-state index < -0.39 is 10.0 Å². The molecular weight excluding hydrogens is 448 g/mol. The van der Waals surface area contributed by atoms with Gasteiger partial charge in [-0.1, -0.05) is 0 Å². The molecule has 32 heavy (non-hydrogen) atoms. The van der Waals surface area contributed by atoms with E-state index in [2.05, 4.69) is 30.5 Å². The second-order valence-electron chi connectivity index (χ2n) is 7.43. The van der Waals surface area contributed by atoms with Crippen LogP contribution < -0.4 is 20.3 Å². The molecule has 9 nitrogen and oxygen atoms in total. The van der Waals surface area contributed by atoms with Crippen molar-refractivity contribution in [3.63, 3.8) is 0 Å². The first-order valence-electron chi connectivity index (χ1n) is 10.2. The summed E-state index contributed by atoms with van der Waals surface area (Å²) in [5.41, 5.74) is 2.26. The summed E-state index contributed by atoms with van der Waals surface area (Å²) in [7, 11) is -3.71. The number of carbonyl (C=O) groups excluding carboxylic acids is 1. The first kappa shape index (κ1) is 22.0. The molecule has 1 aliphatic rings. The minimum atomic E-state index is -3.71. The lowest BCUT2D eigenvalue weighted by molar-refractivity contribution is -0.119. The van der Waals surface area contributed by atoms with Crippen LogP contribution in [0.3, 0.4) is 0 Å². The van der Waals surface area contributed by atoms with Crippen molar-refractivity contribution in [3.05, 3.63) is 53.5 Å². The van der Waals surface area contributed by atoms with Crippen molar-refractivity contribution in [2.75, 3.05) is 28.0 Å². The molecule has 0 unspecified atom stereocenters. The molecule has 2 aromatic heterocycles. The number of thiophene rings is 1. The van der Waals surface area contributed by atoms with Crippen LogP contribution in [0.4, 0.5) is 22.9 Å². The highest BCUT2D eigenvalue weighted by molar-refractivity contribution is 7.94. The van der Waals surface area contributed by atoms with E-state index in [1.165, 1.54) is 25.8 Å². The van der Waals surface area contributed by atoms with Crippen molar-refractivity contribution in [2.45, 2.75) is 30.5 Å². The van der Waals surface area contributed by atoms with Crippen LogP contribution in [-0.4, -0.2) is 37.6 Å². The van der Waals surface area contributed by atoms with E-state index in [9.17, 15) is 13.2 Å². The van der Waals surface area contributed by atoms with Crippen molar-refractivity contribution in [2.24, 2.45) is 0 Å². The van der Waals surface area contributed by atoms with Crippen LogP contribution in [0, 0.1) is 0 Å². The van der Waals surface area contributed by atoms with E-state index in [1.54, 1.807) is 36.5 Å². The highest BCUT2D eigenvalue weighted by atomic mass is 32.2. The van der Waals surface area contributed by atoms with Crippen LogP contribution >= 0.6 is 11.3 Å². The van der Waals surface area contributed by atoms with Crippen molar-refractivity contribution >= 4 is 50.1 Å². The lowest BCUT2D eigenvalue weighted by Gasteiger charge is -2.17.